The summed E-state index contributed by atoms with van der Waals surface area (Å²) >= 11 is 0. The van der Waals surface area contributed by atoms with Gasteiger partial charge >= 0.3 is 0 Å². The number of rotatable bonds is 4. The summed E-state index contributed by atoms with van der Waals surface area (Å²) in [4.78, 5) is 0. The van der Waals surface area contributed by atoms with Gasteiger partial charge in [0.1, 0.15) is 11.8 Å². The zero-order valence-corrected chi connectivity index (χ0v) is 27.0. The Morgan fingerprint density at radius 2 is 1.46 bits per heavy atom. The Morgan fingerprint density at radius 3 is 2.20 bits per heavy atom. The topological polar surface area (TPSA) is 90.5 Å². The highest BCUT2D eigenvalue weighted by Crippen LogP contribution is 2.51. The molecule has 0 saturated carbocycles. The van der Waals surface area contributed by atoms with Crippen molar-refractivity contribution < 1.29 is 33.1 Å². The van der Waals surface area contributed by atoms with Crippen LogP contribution in [0.4, 0.5) is 0 Å². The molecule has 9 nitrogen and oxygen atoms in total. The molecule has 6 bridgehead atoms. The van der Waals surface area contributed by atoms with E-state index in [1.807, 2.05) is 42.5 Å². The number of nitrogens with one attached hydrogen (secondary N) is 1. The predicted molar refractivity (Wildman–Crippen MR) is 175 cm³/mol. The number of likely N-dealkylation sites (N-methyl/N-ethyl adjacent to an activating group) is 1. The molecule has 4 aromatic rings. The van der Waals surface area contributed by atoms with Crippen molar-refractivity contribution in [3.63, 3.8) is 0 Å². The lowest BCUT2D eigenvalue weighted by atomic mass is 9.87. The van der Waals surface area contributed by atoms with Crippen LogP contribution in [0.5, 0.6) is 46.0 Å². The summed E-state index contributed by atoms with van der Waals surface area (Å²) in [6, 6.07) is 19.6. The van der Waals surface area contributed by atoms with E-state index in [-0.39, 0.29) is 12.1 Å². The van der Waals surface area contributed by atoms with Crippen molar-refractivity contribution in [3.8, 4) is 46.0 Å². The number of benzene rings is 4. The summed E-state index contributed by atoms with van der Waals surface area (Å²) in [7, 11) is 8.30. The maximum absolute atomic E-state index is 14.1. The fraction of sp³-hybridized carbons (Fsp3) is 0.351. The lowest BCUT2D eigenvalue weighted by Gasteiger charge is -2.49. The zero-order valence-electron chi connectivity index (χ0n) is 27.0. The third-order valence-corrected chi connectivity index (χ3v) is 9.61. The molecule has 8 rings (SSSR count). The fourth-order valence-corrected chi connectivity index (χ4v) is 7.17. The molecule has 0 spiro atoms. The molecule has 3 atom stereocenters. The average molecular weight is 625 g/mol. The molecule has 0 aliphatic carbocycles. The third-order valence-electron chi connectivity index (χ3n) is 9.61. The van der Waals surface area contributed by atoms with Crippen molar-refractivity contribution in [2.45, 2.75) is 37.8 Å². The van der Waals surface area contributed by atoms with E-state index < -0.39 is 4.65 Å². The van der Waals surface area contributed by atoms with Crippen molar-refractivity contribution in [2.24, 2.45) is 0 Å². The van der Waals surface area contributed by atoms with Crippen LogP contribution in [0, 0.1) is 5.21 Å². The smallest absolute Gasteiger partial charge is 0.204 e. The van der Waals surface area contributed by atoms with E-state index in [1.165, 1.54) is 0 Å². The highest BCUT2D eigenvalue weighted by molar-refractivity contribution is 5.63. The standard InChI is InChI=1S/C37H40N2O7/c1-39(40)15-13-24-19-31(42-3)33-21-27(24)29(39)17-23-8-11-30(41-2)32(18-23)45-26-9-6-22(7-10-26)16-28-35-25(12-14-38-28)20-34(43-4)36(44-5)37(35)46-33/h6-11,18-21,28-29,38H,12-17H2,1-5H3/t28-,29+,39?/m0/s1. The highest BCUT2D eigenvalue weighted by atomic mass is 16.6. The van der Waals surface area contributed by atoms with E-state index >= 15 is 0 Å². The van der Waals surface area contributed by atoms with Gasteiger partial charge in [-0.15, -0.1) is 0 Å². The molecule has 0 saturated heterocycles. The van der Waals surface area contributed by atoms with E-state index in [9.17, 15) is 5.21 Å². The zero-order chi connectivity index (χ0) is 32.0. The van der Waals surface area contributed by atoms with Gasteiger partial charge in [0.05, 0.1) is 42.0 Å². The third kappa shape index (κ3) is 5.38. The van der Waals surface area contributed by atoms with Gasteiger partial charge in [-0.2, -0.15) is 0 Å². The van der Waals surface area contributed by atoms with Crippen LogP contribution in [0.15, 0.2) is 60.7 Å². The Hall–Kier alpha value is -4.44. The predicted octanol–water partition coefficient (Wildman–Crippen LogP) is 6.83. The van der Waals surface area contributed by atoms with Crippen LogP contribution in [0.2, 0.25) is 0 Å². The first-order valence-corrected chi connectivity index (χ1v) is 15.7. The second-order valence-electron chi connectivity index (χ2n) is 12.4. The van der Waals surface area contributed by atoms with Crippen LogP contribution in [-0.2, 0) is 25.7 Å². The summed E-state index contributed by atoms with van der Waals surface area (Å²) in [5.74, 6) is 4.77. The summed E-state index contributed by atoms with van der Waals surface area (Å²) in [6.45, 7) is 1.27. The minimum atomic E-state index is -0.410. The van der Waals surface area contributed by atoms with Crippen LogP contribution in [0.25, 0.3) is 0 Å². The van der Waals surface area contributed by atoms with E-state index in [0.29, 0.717) is 71.8 Å². The highest BCUT2D eigenvalue weighted by Gasteiger charge is 2.36. The summed E-state index contributed by atoms with van der Waals surface area (Å²) in [6.07, 6.45) is 2.67. The number of ether oxygens (including phenoxy) is 6. The van der Waals surface area contributed by atoms with Crippen molar-refractivity contribution in [3.05, 3.63) is 99.3 Å². The lowest BCUT2D eigenvalue weighted by Crippen LogP contribution is -2.47. The molecular weight excluding hydrogens is 584 g/mol. The second kappa shape index (κ2) is 12.1. The molecule has 4 aliphatic heterocycles. The molecule has 0 aromatic heterocycles. The van der Waals surface area contributed by atoms with E-state index in [1.54, 1.807) is 35.5 Å². The maximum Gasteiger partial charge on any atom is 0.204 e. The number of methoxy groups -OCH3 is 4. The molecule has 4 aliphatic rings. The van der Waals surface area contributed by atoms with Crippen molar-refractivity contribution >= 4 is 0 Å². The SMILES string of the molecule is COc1ccc2cc1Oc1ccc(cc1)C[C@@H]1NCCc3cc(OC)c(OC)c(c31)Oc1cc3c(cc1OC)CC[N+](C)([O-])[C@@H]3C2. The number of hydroxylamine groups is 3. The quantitative estimate of drug-likeness (QED) is 0.195. The molecule has 1 N–H and O–H groups in total. The Morgan fingerprint density at radius 1 is 0.739 bits per heavy atom. The minimum absolute atomic E-state index is 0.0565. The van der Waals surface area contributed by atoms with Crippen LogP contribution < -0.4 is 33.7 Å². The number of fused-ring (bicyclic) bond motifs is 2. The van der Waals surface area contributed by atoms with E-state index in [4.69, 9.17) is 28.4 Å². The van der Waals surface area contributed by atoms with Gasteiger partial charge in [-0.05, 0) is 84.1 Å². The first-order valence-electron chi connectivity index (χ1n) is 15.7. The second-order valence-corrected chi connectivity index (χ2v) is 12.4. The Bertz CT molecular complexity index is 1770. The molecule has 240 valence electrons. The average Bonchev–Trinajstić information content (AvgIpc) is 3.06. The summed E-state index contributed by atoms with van der Waals surface area (Å²) in [5.41, 5.74) is 6.29. The monoisotopic (exact) mass is 624 g/mol. The van der Waals surface area contributed by atoms with Gasteiger partial charge in [0.25, 0.3) is 0 Å². The van der Waals surface area contributed by atoms with Crippen LogP contribution in [0.3, 0.4) is 0 Å². The van der Waals surface area contributed by atoms with Crippen molar-refractivity contribution in [2.75, 3.05) is 48.6 Å². The van der Waals surface area contributed by atoms with E-state index in [0.717, 1.165) is 46.3 Å². The molecule has 9 heteroatoms. The number of hydrogen-bond donors (Lipinski definition) is 1. The number of nitrogens with zero attached hydrogens (tertiary/aromatic N) is 1. The lowest BCUT2D eigenvalue weighted by molar-refractivity contribution is -0.894. The Kier molecular flexibility index (Phi) is 7.92. The van der Waals surface area contributed by atoms with Gasteiger partial charge in [0.15, 0.2) is 34.5 Å². The maximum atomic E-state index is 14.1. The molecule has 4 aromatic carbocycles. The Balaban J connectivity index is 1.46. The van der Waals surface area contributed by atoms with Gasteiger partial charge in [0.2, 0.25) is 5.75 Å². The van der Waals surface area contributed by atoms with E-state index in [2.05, 4.69) is 23.5 Å². The molecule has 46 heavy (non-hydrogen) atoms. The first-order chi connectivity index (χ1) is 22.3. The van der Waals surface area contributed by atoms with Gasteiger partial charge < -0.3 is 43.6 Å². The van der Waals surface area contributed by atoms with Crippen LogP contribution in [0.1, 0.15) is 45.5 Å². The summed E-state index contributed by atoms with van der Waals surface area (Å²) in [5, 5.41) is 17.8. The number of quaternary nitrogens is 1. The van der Waals surface area contributed by atoms with Gasteiger partial charge in [-0.25, -0.2) is 0 Å². The van der Waals surface area contributed by atoms with Gasteiger partial charge in [-0.1, -0.05) is 18.2 Å². The van der Waals surface area contributed by atoms with Crippen molar-refractivity contribution in [1.29, 1.82) is 0 Å². The molecular formula is C37H40N2O7. The molecule has 0 amide bonds. The number of hydrogen-bond acceptors (Lipinski definition) is 8. The van der Waals surface area contributed by atoms with Gasteiger partial charge in [-0.3, -0.25) is 0 Å². The van der Waals surface area contributed by atoms with Gasteiger partial charge in [0, 0.05) is 30.0 Å². The normalized spacial score (nSPS) is 21.5. The molecule has 4 heterocycles. The molecule has 1 unspecified atom stereocenters. The first kappa shape index (κ1) is 30.2. The van der Waals surface area contributed by atoms with Crippen molar-refractivity contribution in [1.82, 2.24) is 5.32 Å². The minimum Gasteiger partial charge on any atom is -0.633 e. The molecule has 0 fully saturated rings. The summed E-state index contributed by atoms with van der Waals surface area (Å²) < 4.78 is 36.2. The largest absolute Gasteiger partial charge is 0.633 e. The Labute approximate surface area is 269 Å². The van der Waals surface area contributed by atoms with Crippen LogP contribution in [-0.4, -0.2) is 53.2 Å². The fourth-order valence-electron chi connectivity index (χ4n) is 7.17. The van der Waals surface area contributed by atoms with Crippen LogP contribution >= 0.6 is 0 Å². The molecule has 0 radical (unpaired) electrons.